The summed E-state index contributed by atoms with van der Waals surface area (Å²) in [7, 11) is 0. The zero-order valence-electron chi connectivity index (χ0n) is 9.26. The molecule has 1 N–H and O–H groups in total. The first kappa shape index (κ1) is 13.0. The zero-order valence-corrected chi connectivity index (χ0v) is 10.0. The standard InChI is InChI=1S/C13H15ClFN/c1-3-5-12(4-2)16-9-10-6-7-11(15)8-13(10)14/h1,6-8,12,16H,4-5,9H2,2H3. The van der Waals surface area contributed by atoms with Crippen molar-refractivity contribution in [2.75, 3.05) is 0 Å². The van der Waals surface area contributed by atoms with E-state index in [2.05, 4.69) is 18.2 Å². The summed E-state index contributed by atoms with van der Waals surface area (Å²) in [6.07, 6.45) is 6.91. The molecule has 3 heteroatoms. The van der Waals surface area contributed by atoms with Crippen molar-refractivity contribution in [3.63, 3.8) is 0 Å². The van der Waals surface area contributed by atoms with Crippen LogP contribution in [0.15, 0.2) is 18.2 Å². The third-order valence-corrected chi connectivity index (χ3v) is 2.81. The molecule has 0 spiro atoms. The van der Waals surface area contributed by atoms with Crippen molar-refractivity contribution in [3.05, 3.63) is 34.6 Å². The highest BCUT2D eigenvalue weighted by atomic mass is 35.5. The third kappa shape index (κ3) is 3.84. The van der Waals surface area contributed by atoms with E-state index in [-0.39, 0.29) is 11.9 Å². The van der Waals surface area contributed by atoms with Crippen molar-refractivity contribution in [3.8, 4) is 12.3 Å². The molecular weight excluding hydrogens is 225 g/mol. The van der Waals surface area contributed by atoms with E-state index in [0.29, 0.717) is 18.0 Å². The van der Waals surface area contributed by atoms with Gasteiger partial charge in [-0.15, -0.1) is 12.3 Å². The van der Waals surface area contributed by atoms with Crippen molar-refractivity contribution in [2.45, 2.75) is 32.4 Å². The lowest BCUT2D eigenvalue weighted by Crippen LogP contribution is -2.27. The van der Waals surface area contributed by atoms with E-state index in [1.165, 1.54) is 12.1 Å². The summed E-state index contributed by atoms with van der Waals surface area (Å²) in [6, 6.07) is 4.70. The largest absolute Gasteiger partial charge is 0.309 e. The second-order valence-electron chi connectivity index (χ2n) is 3.63. The molecule has 0 aromatic heterocycles. The second-order valence-corrected chi connectivity index (χ2v) is 4.04. The van der Waals surface area contributed by atoms with Crippen LogP contribution in [0.3, 0.4) is 0 Å². The van der Waals surface area contributed by atoms with Crippen LogP contribution in [0.1, 0.15) is 25.3 Å². The number of terminal acetylenes is 1. The SMILES string of the molecule is C#CCC(CC)NCc1ccc(F)cc1Cl. The van der Waals surface area contributed by atoms with Crippen LogP contribution >= 0.6 is 11.6 Å². The second kappa shape index (κ2) is 6.52. The van der Waals surface area contributed by atoms with Gasteiger partial charge in [-0.2, -0.15) is 0 Å². The fourth-order valence-electron chi connectivity index (χ4n) is 1.42. The van der Waals surface area contributed by atoms with E-state index in [9.17, 15) is 4.39 Å². The molecule has 1 atom stereocenters. The Hall–Kier alpha value is -1.04. The topological polar surface area (TPSA) is 12.0 Å². The summed E-state index contributed by atoms with van der Waals surface area (Å²) in [5, 5.41) is 3.74. The van der Waals surface area contributed by atoms with Gasteiger partial charge in [0, 0.05) is 24.0 Å². The predicted molar refractivity (Wildman–Crippen MR) is 65.8 cm³/mol. The fourth-order valence-corrected chi connectivity index (χ4v) is 1.66. The van der Waals surface area contributed by atoms with Crippen molar-refractivity contribution < 1.29 is 4.39 Å². The van der Waals surface area contributed by atoms with Gasteiger partial charge in [0.25, 0.3) is 0 Å². The molecule has 16 heavy (non-hydrogen) atoms. The van der Waals surface area contributed by atoms with Crippen molar-refractivity contribution in [1.82, 2.24) is 5.32 Å². The highest BCUT2D eigenvalue weighted by molar-refractivity contribution is 6.31. The van der Waals surface area contributed by atoms with Crippen molar-refractivity contribution >= 4 is 11.6 Å². The Morgan fingerprint density at radius 3 is 2.88 bits per heavy atom. The molecule has 1 rings (SSSR count). The van der Waals surface area contributed by atoms with Gasteiger partial charge in [-0.3, -0.25) is 0 Å². The van der Waals surface area contributed by atoms with Gasteiger partial charge >= 0.3 is 0 Å². The molecule has 0 heterocycles. The molecule has 0 fully saturated rings. The number of benzene rings is 1. The van der Waals surface area contributed by atoms with Crippen LogP contribution in [0.4, 0.5) is 4.39 Å². The maximum atomic E-state index is 12.8. The molecule has 1 nitrogen and oxygen atoms in total. The molecular formula is C13H15ClFN. The van der Waals surface area contributed by atoms with Crippen LogP contribution in [0.5, 0.6) is 0 Å². The fraction of sp³-hybridized carbons (Fsp3) is 0.385. The summed E-state index contributed by atoms with van der Waals surface area (Å²) >= 11 is 5.91. The number of nitrogens with one attached hydrogen (secondary N) is 1. The molecule has 1 aromatic rings. The van der Waals surface area contributed by atoms with Crippen LogP contribution in [-0.4, -0.2) is 6.04 Å². The van der Waals surface area contributed by atoms with Gasteiger partial charge in [-0.25, -0.2) is 4.39 Å². The van der Waals surface area contributed by atoms with E-state index in [4.69, 9.17) is 18.0 Å². The van der Waals surface area contributed by atoms with E-state index >= 15 is 0 Å². The van der Waals surface area contributed by atoms with Crippen molar-refractivity contribution in [2.24, 2.45) is 0 Å². The first-order chi connectivity index (χ1) is 7.67. The van der Waals surface area contributed by atoms with Gasteiger partial charge in [0.1, 0.15) is 5.82 Å². The van der Waals surface area contributed by atoms with Gasteiger partial charge < -0.3 is 5.32 Å². The highest BCUT2D eigenvalue weighted by Crippen LogP contribution is 2.17. The van der Waals surface area contributed by atoms with E-state index < -0.39 is 0 Å². The first-order valence-electron chi connectivity index (χ1n) is 5.28. The van der Waals surface area contributed by atoms with E-state index in [1.54, 1.807) is 6.07 Å². The Bertz CT molecular complexity index is 384. The molecule has 0 radical (unpaired) electrons. The Kier molecular flexibility index (Phi) is 5.31. The number of hydrogen-bond acceptors (Lipinski definition) is 1. The van der Waals surface area contributed by atoms with E-state index in [1.807, 2.05) is 0 Å². The minimum Gasteiger partial charge on any atom is -0.309 e. The van der Waals surface area contributed by atoms with Gasteiger partial charge in [0.15, 0.2) is 0 Å². The van der Waals surface area contributed by atoms with Gasteiger partial charge in [0.2, 0.25) is 0 Å². The van der Waals surface area contributed by atoms with Gasteiger partial charge in [0.05, 0.1) is 0 Å². The Balaban J connectivity index is 2.57. The molecule has 0 amide bonds. The van der Waals surface area contributed by atoms with Crippen LogP contribution in [-0.2, 0) is 6.54 Å². The van der Waals surface area contributed by atoms with Crippen LogP contribution in [0.2, 0.25) is 5.02 Å². The van der Waals surface area contributed by atoms with Gasteiger partial charge in [-0.1, -0.05) is 24.6 Å². The normalized spacial score (nSPS) is 12.1. The summed E-state index contributed by atoms with van der Waals surface area (Å²) in [5.41, 5.74) is 0.888. The molecule has 1 aromatic carbocycles. The number of rotatable bonds is 5. The van der Waals surface area contributed by atoms with Crippen LogP contribution < -0.4 is 5.32 Å². The summed E-state index contributed by atoms with van der Waals surface area (Å²) < 4.78 is 12.8. The van der Waals surface area contributed by atoms with E-state index in [0.717, 1.165) is 12.0 Å². The molecule has 86 valence electrons. The quantitative estimate of drug-likeness (QED) is 0.777. The molecule has 1 unspecified atom stereocenters. The van der Waals surface area contributed by atoms with Crippen LogP contribution in [0.25, 0.3) is 0 Å². The predicted octanol–water partition coefficient (Wildman–Crippen LogP) is 3.37. The Morgan fingerprint density at radius 1 is 1.56 bits per heavy atom. The summed E-state index contributed by atoms with van der Waals surface area (Å²) in [5.74, 6) is 2.31. The summed E-state index contributed by atoms with van der Waals surface area (Å²) in [6.45, 7) is 2.68. The monoisotopic (exact) mass is 239 g/mol. The minimum atomic E-state index is -0.315. The smallest absolute Gasteiger partial charge is 0.124 e. The first-order valence-corrected chi connectivity index (χ1v) is 5.66. The lowest BCUT2D eigenvalue weighted by Gasteiger charge is -2.14. The molecule has 0 aliphatic rings. The minimum absolute atomic E-state index is 0.283. The Morgan fingerprint density at radius 2 is 2.31 bits per heavy atom. The average molecular weight is 240 g/mol. The number of halogens is 2. The highest BCUT2D eigenvalue weighted by Gasteiger charge is 2.06. The maximum Gasteiger partial charge on any atom is 0.124 e. The molecule has 0 saturated heterocycles. The molecule has 0 aliphatic carbocycles. The van der Waals surface area contributed by atoms with Gasteiger partial charge in [-0.05, 0) is 24.1 Å². The molecule has 0 saturated carbocycles. The third-order valence-electron chi connectivity index (χ3n) is 2.45. The molecule has 0 aliphatic heterocycles. The van der Waals surface area contributed by atoms with Crippen molar-refractivity contribution in [1.29, 1.82) is 0 Å². The van der Waals surface area contributed by atoms with Crippen LogP contribution in [0, 0.1) is 18.2 Å². The number of hydrogen-bond donors (Lipinski definition) is 1. The summed E-state index contributed by atoms with van der Waals surface area (Å²) in [4.78, 5) is 0. The average Bonchev–Trinajstić information content (AvgIpc) is 2.26. The Labute approximate surface area is 101 Å². The lowest BCUT2D eigenvalue weighted by atomic mass is 10.1. The maximum absolute atomic E-state index is 12.8. The zero-order chi connectivity index (χ0) is 12.0. The lowest BCUT2D eigenvalue weighted by molar-refractivity contribution is 0.506. The molecule has 0 bridgehead atoms.